The Kier molecular flexibility index (Phi) is 5.90. The van der Waals surface area contributed by atoms with Crippen LogP contribution in [0.5, 0.6) is 0 Å². The first-order chi connectivity index (χ1) is 14.4. The SMILES string of the molecule is CC(C)(C)n1ncc2c(=O)[nH]c(NCc3cccc(CN4CCCCCC4)c3)nc21. The number of nitrogens with zero attached hydrogens (tertiary/aromatic N) is 4. The van der Waals surface area contributed by atoms with Gasteiger partial charge in [0.25, 0.3) is 5.56 Å². The lowest BCUT2D eigenvalue weighted by molar-refractivity contribution is 0.277. The van der Waals surface area contributed by atoms with E-state index in [2.05, 4.69) is 49.5 Å². The van der Waals surface area contributed by atoms with Gasteiger partial charge in [-0.3, -0.25) is 14.7 Å². The minimum atomic E-state index is -0.249. The first-order valence-corrected chi connectivity index (χ1v) is 10.9. The molecular weight excluding hydrogens is 376 g/mol. The van der Waals surface area contributed by atoms with Crippen molar-refractivity contribution < 1.29 is 0 Å². The standard InChI is InChI=1S/C23H32N6O/c1-23(2,3)29-20-19(15-25-29)21(30)27-22(26-20)24-14-17-9-8-10-18(13-17)16-28-11-6-4-5-7-12-28/h8-10,13,15H,4-7,11-12,14,16H2,1-3H3,(H2,24,26,27,30). The third-order valence-electron chi connectivity index (χ3n) is 5.63. The van der Waals surface area contributed by atoms with Crippen LogP contribution in [0.3, 0.4) is 0 Å². The number of anilines is 1. The highest BCUT2D eigenvalue weighted by Crippen LogP contribution is 2.19. The Hall–Kier alpha value is -2.67. The van der Waals surface area contributed by atoms with Crippen molar-refractivity contribution in [1.29, 1.82) is 0 Å². The highest BCUT2D eigenvalue weighted by molar-refractivity contribution is 5.74. The molecule has 1 fully saturated rings. The molecule has 1 aromatic carbocycles. The summed E-state index contributed by atoms with van der Waals surface area (Å²) in [6.45, 7) is 10.1. The van der Waals surface area contributed by atoms with Crippen LogP contribution in [0.1, 0.15) is 57.6 Å². The van der Waals surface area contributed by atoms with Crippen LogP contribution in [0.25, 0.3) is 11.0 Å². The fraction of sp³-hybridized carbons (Fsp3) is 0.522. The summed E-state index contributed by atoms with van der Waals surface area (Å²) in [5.74, 6) is 0.469. The number of H-pyrrole nitrogens is 1. The first-order valence-electron chi connectivity index (χ1n) is 10.9. The average molecular weight is 409 g/mol. The molecule has 0 amide bonds. The number of aromatic nitrogens is 4. The van der Waals surface area contributed by atoms with E-state index in [1.54, 1.807) is 10.9 Å². The van der Waals surface area contributed by atoms with Crippen LogP contribution < -0.4 is 10.9 Å². The molecule has 160 valence electrons. The molecule has 0 saturated carbocycles. The summed E-state index contributed by atoms with van der Waals surface area (Å²) in [5.41, 5.74) is 2.69. The Bertz CT molecular complexity index is 1050. The number of aromatic amines is 1. The van der Waals surface area contributed by atoms with E-state index >= 15 is 0 Å². The molecule has 3 aromatic rings. The molecule has 0 radical (unpaired) electrons. The van der Waals surface area contributed by atoms with E-state index in [-0.39, 0.29) is 11.1 Å². The Morgan fingerprint density at radius 2 is 1.83 bits per heavy atom. The fourth-order valence-electron chi connectivity index (χ4n) is 4.07. The van der Waals surface area contributed by atoms with Crippen LogP contribution >= 0.6 is 0 Å². The number of benzene rings is 1. The molecule has 2 aromatic heterocycles. The molecule has 0 aliphatic carbocycles. The maximum absolute atomic E-state index is 12.5. The van der Waals surface area contributed by atoms with Crippen molar-refractivity contribution in [2.75, 3.05) is 18.4 Å². The van der Waals surface area contributed by atoms with Crippen LogP contribution in [-0.4, -0.2) is 37.7 Å². The van der Waals surface area contributed by atoms with E-state index in [1.807, 2.05) is 20.8 Å². The van der Waals surface area contributed by atoms with Gasteiger partial charge < -0.3 is 5.32 Å². The van der Waals surface area contributed by atoms with Gasteiger partial charge in [0.1, 0.15) is 5.39 Å². The van der Waals surface area contributed by atoms with Gasteiger partial charge in [-0.1, -0.05) is 37.1 Å². The summed E-state index contributed by atoms with van der Waals surface area (Å²) in [6, 6.07) is 8.66. The number of fused-ring (bicyclic) bond motifs is 1. The fourth-order valence-corrected chi connectivity index (χ4v) is 4.07. The van der Waals surface area contributed by atoms with Crippen molar-refractivity contribution in [3.05, 3.63) is 51.9 Å². The number of nitrogens with one attached hydrogen (secondary N) is 2. The summed E-state index contributed by atoms with van der Waals surface area (Å²) in [6.07, 6.45) is 6.89. The third-order valence-corrected chi connectivity index (χ3v) is 5.63. The lowest BCUT2D eigenvalue weighted by Crippen LogP contribution is -2.24. The molecule has 7 nitrogen and oxygen atoms in total. The summed E-state index contributed by atoms with van der Waals surface area (Å²) >= 11 is 0. The van der Waals surface area contributed by atoms with Crippen LogP contribution in [0.2, 0.25) is 0 Å². The molecule has 30 heavy (non-hydrogen) atoms. The Morgan fingerprint density at radius 1 is 1.10 bits per heavy atom. The minimum absolute atomic E-state index is 0.173. The number of hydrogen-bond acceptors (Lipinski definition) is 5. The maximum Gasteiger partial charge on any atom is 0.263 e. The zero-order valence-corrected chi connectivity index (χ0v) is 18.2. The van der Waals surface area contributed by atoms with Gasteiger partial charge in [-0.05, 0) is 57.8 Å². The summed E-state index contributed by atoms with van der Waals surface area (Å²) in [7, 11) is 0. The summed E-state index contributed by atoms with van der Waals surface area (Å²) < 4.78 is 1.80. The highest BCUT2D eigenvalue weighted by atomic mass is 16.1. The van der Waals surface area contributed by atoms with Crippen molar-refractivity contribution in [3.8, 4) is 0 Å². The van der Waals surface area contributed by atoms with E-state index < -0.39 is 0 Å². The Balaban J connectivity index is 1.48. The lowest BCUT2D eigenvalue weighted by atomic mass is 10.1. The molecule has 7 heteroatoms. The van der Waals surface area contributed by atoms with Crippen LogP contribution in [0.15, 0.2) is 35.3 Å². The zero-order chi connectivity index (χ0) is 21.1. The molecule has 0 bridgehead atoms. The molecule has 1 aliphatic heterocycles. The highest BCUT2D eigenvalue weighted by Gasteiger charge is 2.19. The maximum atomic E-state index is 12.5. The smallest absolute Gasteiger partial charge is 0.263 e. The number of rotatable bonds is 5. The second kappa shape index (κ2) is 8.60. The van der Waals surface area contributed by atoms with E-state index in [1.165, 1.54) is 49.9 Å². The van der Waals surface area contributed by atoms with Crippen molar-refractivity contribution >= 4 is 17.0 Å². The largest absolute Gasteiger partial charge is 0.352 e. The third kappa shape index (κ3) is 4.73. The van der Waals surface area contributed by atoms with Gasteiger partial charge in [-0.15, -0.1) is 0 Å². The van der Waals surface area contributed by atoms with E-state index in [0.717, 1.165) is 6.54 Å². The quantitative estimate of drug-likeness (QED) is 0.670. The monoisotopic (exact) mass is 408 g/mol. The van der Waals surface area contributed by atoms with Crippen molar-refractivity contribution in [3.63, 3.8) is 0 Å². The molecule has 1 aliphatic rings. The van der Waals surface area contributed by atoms with Gasteiger partial charge in [0.05, 0.1) is 11.7 Å². The molecule has 0 atom stereocenters. The van der Waals surface area contributed by atoms with E-state index in [0.29, 0.717) is 23.5 Å². The Labute approximate surface area is 177 Å². The number of likely N-dealkylation sites (tertiary alicyclic amines) is 1. The normalized spacial score (nSPS) is 16.0. The van der Waals surface area contributed by atoms with Gasteiger partial charge in [0.2, 0.25) is 5.95 Å². The van der Waals surface area contributed by atoms with Gasteiger partial charge in [0.15, 0.2) is 5.65 Å². The van der Waals surface area contributed by atoms with Crippen LogP contribution in [0.4, 0.5) is 5.95 Å². The predicted molar refractivity (Wildman–Crippen MR) is 121 cm³/mol. The van der Waals surface area contributed by atoms with Crippen LogP contribution in [0, 0.1) is 0 Å². The zero-order valence-electron chi connectivity index (χ0n) is 18.2. The molecule has 4 rings (SSSR count). The minimum Gasteiger partial charge on any atom is -0.352 e. The second-order valence-corrected chi connectivity index (χ2v) is 9.24. The number of hydrogen-bond donors (Lipinski definition) is 2. The van der Waals surface area contributed by atoms with Gasteiger partial charge >= 0.3 is 0 Å². The average Bonchev–Trinajstić information content (AvgIpc) is 2.98. The first kappa shape index (κ1) is 20.6. The van der Waals surface area contributed by atoms with Gasteiger partial charge in [-0.2, -0.15) is 10.1 Å². The summed E-state index contributed by atoms with van der Waals surface area (Å²) in [5, 5.41) is 8.15. The van der Waals surface area contributed by atoms with E-state index in [9.17, 15) is 4.79 Å². The molecular formula is C23H32N6O. The van der Waals surface area contributed by atoms with Gasteiger partial charge in [-0.25, -0.2) is 4.68 Å². The lowest BCUT2D eigenvalue weighted by Gasteiger charge is -2.20. The summed E-state index contributed by atoms with van der Waals surface area (Å²) in [4.78, 5) is 22.5. The van der Waals surface area contributed by atoms with Crippen molar-refractivity contribution in [2.45, 2.75) is 65.1 Å². The molecule has 1 saturated heterocycles. The van der Waals surface area contributed by atoms with Crippen molar-refractivity contribution in [2.24, 2.45) is 0 Å². The molecule has 0 spiro atoms. The molecule has 2 N–H and O–H groups in total. The second-order valence-electron chi connectivity index (χ2n) is 9.24. The predicted octanol–water partition coefficient (Wildman–Crippen LogP) is 3.86. The molecule has 3 heterocycles. The Morgan fingerprint density at radius 3 is 2.57 bits per heavy atom. The molecule has 0 unspecified atom stereocenters. The topological polar surface area (TPSA) is 78.8 Å². The van der Waals surface area contributed by atoms with Crippen molar-refractivity contribution in [1.82, 2.24) is 24.6 Å². The van der Waals surface area contributed by atoms with Gasteiger partial charge in [0, 0.05) is 13.1 Å². The van der Waals surface area contributed by atoms with Crippen LogP contribution in [-0.2, 0) is 18.6 Å². The van der Waals surface area contributed by atoms with E-state index in [4.69, 9.17) is 0 Å².